The van der Waals surface area contributed by atoms with Crippen LogP contribution in [0.2, 0.25) is 0 Å². The molecular formula is C15H21N3O2S. The molecule has 3 unspecified atom stereocenters. The molecular weight excluding hydrogens is 286 g/mol. The van der Waals surface area contributed by atoms with Crippen LogP contribution in [-0.4, -0.2) is 51.8 Å². The summed E-state index contributed by atoms with van der Waals surface area (Å²) in [5.74, 6) is 0.384. The second kappa shape index (κ2) is 5.75. The van der Waals surface area contributed by atoms with Gasteiger partial charge in [-0.05, 0) is 26.2 Å². The van der Waals surface area contributed by atoms with E-state index in [2.05, 4.69) is 11.9 Å². The first-order valence-electron chi connectivity index (χ1n) is 7.60. The predicted molar refractivity (Wildman–Crippen MR) is 81.1 cm³/mol. The molecule has 0 aliphatic carbocycles. The molecule has 3 heterocycles. The number of hydrogen-bond donors (Lipinski definition) is 0. The average Bonchev–Trinajstić information content (AvgIpc) is 3.03. The molecule has 21 heavy (non-hydrogen) atoms. The zero-order valence-corrected chi connectivity index (χ0v) is 13.3. The Hall–Kier alpha value is -1.43. The molecule has 3 rings (SSSR count). The molecule has 1 aromatic heterocycles. The Morgan fingerprint density at radius 1 is 1.38 bits per heavy atom. The highest BCUT2D eigenvalue weighted by atomic mass is 32.1. The maximum Gasteiger partial charge on any atom is 0.246 e. The van der Waals surface area contributed by atoms with Gasteiger partial charge in [-0.3, -0.25) is 9.59 Å². The number of hydrogen-bond acceptors (Lipinski definition) is 4. The van der Waals surface area contributed by atoms with Gasteiger partial charge in [0.25, 0.3) is 0 Å². The summed E-state index contributed by atoms with van der Waals surface area (Å²) in [5.41, 5.74) is 0. The third-order valence-electron chi connectivity index (χ3n) is 4.52. The summed E-state index contributed by atoms with van der Waals surface area (Å²) >= 11 is 1.60. The van der Waals surface area contributed by atoms with Crippen molar-refractivity contribution in [1.29, 1.82) is 0 Å². The van der Waals surface area contributed by atoms with Crippen LogP contribution in [0.25, 0.3) is 0 Å². The minimum Gasteiger partial charge on any atom is -0.329 e. The second-order valence-corrected chi connectivity index (χ2v) is 6.91. The van der Waals surface area contributed by atoms with Crippen molar-refractivity contribution in [3.05, 3.63) is 16.6 Å². The predicted octanol–water partition coefficient (Wildman–Crippen LogP) is 1.86. The monoisotopic (exact) mass is 307 g/mol. The second-order valence-electron chi connectivity index (χ2n) is 5.98. The lowest BCUT2D eigenvalue weighted by molar-refractivity contribution is -0.163. The summed E-state index contributed by atoms with van der Waals surface area (Å²) < 4.78 is 0. The van der Waals surface area contributed by atoms with Crippen LogP contribution in [0.15, 0.2) is 11.6 Å². The normalized spacial score (nSPS) is 27.7. The van der Waals surface area contributed by atoms with E-state index < -0.39 is 0 Å². The minimum absolute atomic E-state index is 0.102. The van der Waals surface area contributed by atoms with Crippen molar-refractivity contribution in [3.8, 4) is 0 Å². The van der Waals surface area contributed by atoms with Gasteiger partial charge in [-0.2, -0.15) is 0 Å². The summed E-state index contributed by atoms with van der Waals surface area (Å²) in [7, 11) is 0. The molecule has 2 saturated heterocycles. The lowest BCUT2D eigenvalue weighted by atomic mass is 9.95. The van der Waals surface area contributed by atoms with Crippen molar-refractivity contribution < 1.29 is 9.59 Å². The lowest BCUT2D eigenvalue weighted by Gasteiger charge is -2.46. The summed E-state index contributed by atoms with van der Waals surface area (Å²) in [6, 6.07) is -0.583. The number of aromatic nitrogens is 1. The van der Waals surface area contributed by atoms with Gasteiger partial charge in [0.15, 0.2) is 0 Å². The van der Waals surface area contributed by atoms with Crippen molar-refractivity contribution >= 4 is 23.2 Å². The molecule has 2 aliphatic rings. The Kier molecular flexibility index (Phi) is 3.97. The molecule has 2 amide bonds. The molecule has 6 heteroatoms. The molecule has 0 radical (unpaired) electrons. The largest absolute Gasteiger partial charge is 0.329 e. The minimum atomic E-state index is -0.353. The number of rotatable bonds is 3. The maximum absolute atomic E-state index is 12.7. The van der Waals surface area contributed by atoms with Gasteiger partial charge in [0, 0.05) is 30.6 Å². The van der Waals surface area contributed by atoms with E-state index in [0.717, 1.165) is 30.8 Å². The number of amides is 2. The molecule has 0 aromatic carbocycles. The van der Waals surface area contributed by atoms with E-state index in [1.807, 2.05) is 12.3 Å². The summed E-state index contributed by atoms with van der Waals surface area (Å²) in [5, 5.41) is 2.97. The van der Waals surface area contributed by atoms with E-state index in [-0.39, 0.29) is 29.8 Å². The third-order valence-corrected chi connectivity index (χ3v) is 5.53. The third kappa shape index (κ3) is 2.57. The fourth-order valence-corrected chi connectivity index (χ4v) is 4.00. The number of piperidine rings is 1. The fraction of sp³-hybridized carbons (Fsp3) is 0.667. The van der Waals surface area contributed by atoms with Crippen molar-refractivity contribution in [2.45, 2.75) is 51.1 Å². The van der Waals surface area contributed by atoms with Crippen LogP contribution < -0.4 is 0 Å². The van der Waals surface area contributed by atoms with Crippen LogP contribution in [0.5, 0.6) is 0 Å². The van der Waals surface area contributed by atoms with Gasteiger partial charge in [0.2, 0.25) is 11.8 Å². The first kappa shape index (κ1) is 14.5. The Morgan fingerprint density at radius 2 is 2.19 bits per heavy atom. The van der Waals surface area contributed by atoms with E-state index in [0.29, 0.717) is 6.54 Å². The van der Waals surface area contributed by atoms with Gasteiger partial charge >= 0.3 is 0 Å². The molecule has 114 valence electrons. The Morgan fingerprint density at radius 3 is 2.90 bits per heavy atom. The van der Waals surface area contributed by atoms with Crippen LogP contribution >= 0.6 is 11.3 Å². The van der Waals surface area contributed by atoms with Crippen LogP contribution in [0.4, 0.5) is 0 Å². The van der Waals surface area contributed by atoms with Gasteiger partial charge in [-0.25, -0.2) is 4.98 Å². The average molecular weight is 307 g/mol. The Bertz CT molecular complexity index is 531. The number of carbonyl (C=O) groups excluding carboxylic acids is 2. The van der Waals surface area contributed by atoms with Gasteiger partial charge in [-0.15, -0.1) is 11.3 Å². The standard InChI is InChI=1S/C15H21N3O2S/c1-10(13-16-6-8-21-13)9-18-11(2)14(19)17-7-4-3-5-12(17)15(18)20/h6,8,10-12H,3-5,7,9H2,1-2H3. The molecule has 0 bridgehead atoms. The van der Waals surface area contributed by atoms with Crippen molar-refractivity contribution in [2.75, 3.05) is 13.1 Å². The van der Waals surface area contributed by atoms with Crippen LogP contribution in [-0.2, 0) is 9.59 Å². The highest BCUT2D eigenvalue weighted by molar-refractivity contribution is 7.09. The van der Waals surface area contributed by atoms with E-state index in [1.165, 1.54) is 0 Å². The van der Waals surface area contributed by atoms with Crippen molar-refractivity contribution in [1.82, 2.24) is 14.8 Å². The van der Waals surface area contributed by atoms with Crippen molar-refractivity contribution in [2.24, 2.45) is 0 Å². The van der Waals surface area contributed by atoms with E-state index in [4.69, 9.17) is 0 Å². The van der Waals surface area contributed by atoms with Crippen LogP contribution in [0.3, 0.4) is 0 Å². The van der Waals surface area contributed by atoms with E-state index in [1.54, 1.807) is 27.3 Å². The summed E-state index contributed by atoms with van der Waals surface area (Å²) in [6.45, 7) is 5.22. The molecule has 5 nitrogen and oxygen atoms in total. The molecule has 3 atom stereocenters. The van der Waals surface area contributed by atoms with Gasteiger partial charge in [0.05, 0.1) is 5.01 Å². The first-order valence-corrected chi connectivity index (χ1v) is 8.48. The summed E-state index contributed by atoms with van der Waals surface area (Å²) in [6.07, 6.45) is 4.63. The van der Waals surface area contributed by atoms with Gasteiger partial charge in [-0.1, -0.05) is 6.92 Å². The highest BCUT2D eigenvalue weighted by Crippen LogP contribution is 2.28. The van der Waals surface area contributed by atoms with Crippen LogP contribution in [0, 0.1) is 0 Å². The molecule has 0 saturated carbocycles. The van der Waals surface area contributed by atoms with Crippen molar-refractivity contribution in [3.63, 3.8) is 0 Å². The lowest BCUT2D eigenvalue weighted by Crippen LogP contribution is -2.65. The van der Waals surface area contributed by atoms with Gasteiger partial charge < -0.3 is 9.80 Å². The maximum atomic E-state index is 12.7. The number of nitrogens with zero attached hydrogens (tertiary/aromatic N) is 3. The number of fused-ring (bicyclic) bond motifs is 1. The molecule has 0 spiro atoms. The molecule has 0 N–H and O–H groups in total. The van der Waals surface area contributed by atoms with E-state index >= 15 is 0 Å². The molecule has 2 aliphatic heterocycles. The highest BCUT2D eigenvalue weighted by Gasteiger charge is 2.44. The first-order chi connectivity index (χ1) is 10.1. The topological polar surface area (TPSA) is 53.5 Å². The summed E-state index contributed by atoms with van der Waals surface area (Å²) in [4.78, 5) is 33.1. The SMILES string of the molecule is CC(CN1C(=O)C2CCCCN2C(=O)C1C)c1nccs1. The molecule has 2 fully saturated rings. The zero-order valence-electron chi connectivity index (χ0n) is 12.5. The number of carbonyl (C=O) groups is 2. The van der Waals surface area contributed by atoms with E-state index in [9.17, 15) is 9.59 Å². The quantitative estimate of drug-likeness (QED) is 0.856. The smallest absolute Gasteiger partial charge is 0.246 e. The number of thiazole rings is 1. The Balaban J connectivity index is 1.77. The fourth-order valence-electron chi connectivity index (χ4n) is 3.31. The van der Waals surface area contributed by atoms with Gasteiger partial charge in [0.1, 0.15) is 12.1 Å². The Labute approximate surface area is 129 Å². The molecule has 1 aromatic rings. The zero-order chi connectivity index (χ0) is 15.0. The van der Waals surface area contributed by atoms with Crippen LogP contribution in [0.1, 0.15) is 44.0 Å². The number of piperazine rings is 1.